The lowest BCUT2D eigenvalue weighted by molar-refractivity contribution is -0.151. The van der Waals surface area contributed by atoms with Gasteiger partial charge in [0.2, 0.25) is 5.62 Å². The molecule has 0 radical (unpaired) electrons. The maximum absolute atomic E-state index is 13.6. The minimum Gasteiger partial charge on any atom is -0.469 e. The van der Waals surface area contributed by atoms with Crippen LogP contribution in [0.2, 0.25) is 0 Å². The van der Waals surface area contributed by atoms with Crippen LogP contribution in [0.1, 0.15) is 43.2 Å². The molecule has 194 valence electrons. The number of furan rings is 1. The molecule has 2 heterocycles. The first-order valence-corrected chi connectivity index (χ1v) is 12.2. The summed E-state index contributed by atoms with van der Waals surface area (Å²) in [7, 11) is 1.28. The van der Waals surface area contributed by atoms with Crippen LogP contribution in [-0.2, 0) is 29.0 Å². The number of esters is 1. The Labute approximate surface area is 214 Å². The summed E-state index contributed by atoms with van der Waals surface area (Å²) in [6.45, 7) is 9.30. The van der Waals surface area contributed by atoms with Crippen molar-refractivity contribution in [1.29, 1.82) is 0 Å². The summed E-state index contributed by atoms with van der Waals surface area (Å²) in [5, 5.41) is 0.929. The molecule has 0 atom stereocenters. The van der Waals surface area contributed by atoms with E-state index in [1.165, 1.54) is 11.7 Å². The predicted molar refractivity (Wildman–Crippen MR) is 141 cm³/mol. The van der Waals surface area contributed by atoms with Gasteiger partial charge in [0.05, 0.1) is 24.8 Å². The Morgan fingerprint density at radius 3 is 2.43 bits per heavy atom. The molecule has 0 spiro atoms. The Kier molecular flexibility index (Phi) is 7.07. The van der Waals surface area contributed by atoms with Crippen LogP contribution < -0.4 is 17.0 Å². The summed E-state index contributed by atoms with van der Waals surface area (Å²) >= 11 is 0. The van der Waals surface area contributed by atoms with Crippen LogP contribution in [0, 0.1) is 19.3 Å². The lowest BCUT2D eigenvalue weighted by Gasteiger charge is -2.22. The molecule has 4 rings (SSSR count). The van der Waals surface area contributed by atoms with Crippen LogP contribution in [-0.4, -0.2) is 27.2 Å². The van der Waals surface area contributed by atoms with Crippen molar-refractivity contribution in [2.75, 3.05) is 7.11 Å². The van der Waals surface area contributed by atoms with Gasteiger partial charge in [0.15, 0.2) is 0 Å². The number of aryl methyl sites for hydroxylation is 3. The number of rotatable bonds is 7. The van der Waals surface area contributed by atoms with Crippen LogP contribution in [0.4, 0.5) is 5.69 Å². The number of fused-ring (bicyclic) bond motifs is 1. The number of aromatic amines is 1. The van der Waals surface area contributed by atoms with E-state index < -0.39 is 22.8 Å². The average Bonchev–Trinajstić information content (AvgIpc) is 3.19. The Morgan fingerprint density at radius 1 is 1.08 bits per heavy atom. The molecule has 2 aromatic carbocycles. The molecule has 1 N–H and O–H groups in total. The number of nitrogens with one attached hydrogen (secondary N) is 1. The van der Waals surface area contributed by atoms with Gasteiger partial charge in [0.25, 0.3) is 0 Å². The molecule has 0 aliphatic carbocycles. The molecule has 0 saturated carbocycles. The zero-order chi connectivity index (χ0) is 26.9. The maximum atomic E-state index is 13.6. The second-order valence-corrected chi connectivity index (χ2v) is 9.87. The van der Waals surface area contributed by atoms with Crippen LogP contribution in [0.25, 0.3) is 11.0 Å². The van der Waals surface area contributed by atoms with Gasteiger partial charge < -0.3 is 9.15 Å². The molecule has 0 aliphatic rings. The molecule has 0 bridgehead atoms. The van der Waals surface area contributed by atoms with E-state index in [0.29, 0.717) is 5.69 Å². The Bertz CT molecular complexity index is 1650. The molecular formula is C28H32N4O5. The van der Waals surface area contributed by atoms with Gasteiger partial charge in [-0.15, -0.1) is 0 Å². The molecule has 9 heteroatoms. The summed E-state index contributed by atoms with van der Waals surface area (Å²) in [5.41, 5.74) is 2.11. The number of hydrogen-bond donors (Lipinski definition) is 1. The minimum atomic E-state index is -1.09. The van der Waals surface area contributed by atoms with E-state index in [4.69, 9.17) is 9.15 Å². The fourth-order valence-corrected chi connectivity index (χ4v) is 4.32. The second-order valence-electron chi connectivity index (χ2n) is 9.87. The topological polar surface area (TPSA) is 112 Å². The molecular weight excluding hydrogens is 472 g/mol. The quantitative estimate of drug-likeness (QED) is 0.386. The molecule has 37 heavy (non-hydrogen) atoms. The van der Waals surface area contributed by atoms with E-state index in [2.05, 4.69) is 9.98 Å². The number of methoxy groups -OCH3 is 1. The maximum Gasteiger partial charge on any atom is 0.335 e. The fraction of sp³-hybridized carbons (Fsp3) is 0.357. The van der Waals surface area contributed by atoms with Crippen LogP contribution in [0.3, 0.4) is 0 Å². The zero-order valence-corrected chi connectivity index (χ0v) is 22.0. The molecule has 0 unspecified atom stereocenters. The number of H-pyrrole nitrogens is 1. The molecule has 9 nitrogen and oxygen atoms in total. The number of hydrogen-bond acceptors (Lipinski definition) is 6. The van der Waals surface area contributed by atoms with Gasteiger partial charge in [0.1, 0.15) is 11.3 Å². The highest BCUT2D eigenvalue weighted by Crippen LogP contribution is 2.29. The smallest absolute Gasteiger partial charge is 0.335 e. The Morgan fingerprint density at radius 2 is 1.78 bits per heavy atom. The normalized spacial score (nSPS) is 12.3. The van der Waals surface area contributed by atoms with E-state index >= 15 is 0 Å². The number of benzene rings is 2. The lowest BCUT2D eigenvalue weighted by atomic mass is 9.94. The van der Waals surface area contributed by atoms with Gasteiger partial charge in [-0.2, -0.15) is 0 Å². The van der Waals surface area contributed by atoms with Crippen molar-refractivity contribution in [3.8, 4) is 0 Å². The Hall–Kier alpha value is -4.14. The highest BCUT2D eigenvalue weighted by molar-refractivity contribution is 5.84. The van der Waals surface area contributed by atoms with Crippen LogP contribution >= 0.6 is 0 Å². The van der Waals surface area contributed by atoms with Crippen molar-refractivity contribution < 1.29 is 13.9 Å². The van der Waals surface area contributed by atoms with Crippen molar-refractivity contribution >= 4 is 22.6 Å². The van der Waals surface area contributed by atoms with Crippen molar-refractivity contribution in [2.24, 2.45) is 10.4 Å². The first-order valence-electron chi connectivity index (χ1n) is 12.2. The summed E-state index contributed by atoms with van der Waals surface area (Å²) < 4.78 is 13.2. The summed E-state index contributed by atoms with van der Waals surface area (Å²) in [4.78, 5) is 46.4. The van der Waals surface area contributed by atoms with Crippen molar-refractivity contribution in [1.82, 2.24) is 14.1 Å². The molecule has 0 aliphatic heterocycles. The molecule has 4 aromatic rings. The lowest BCUT2D eigenvalue weighted by Crippen LogP contribution is -2.52. The highest BCUT2D eigenvalue weighted by Gasteiger charge is 2.31. The van der Waals surface area contributed by atoms with E-state index in [1.54, 1.807) is 19.9 Å². The van der Waals surface area contributed by atoms with Crippen LogP contribution in [0.15, 0.2) is 61.5 Å². The number of carbonyl (C=O) groups is 1. The van der Waals surface area contributed by atoms with Gasteiger partial charge in [-0.1, -0.05) is 36.8 Å². The highest BCUT2D eigenvalue weighted by atomic mass is 16.5. The summed E-state index contributed by atoms with van der Waals surface area (Å²) in [6.07, 6.45) is 0.775. The molecule has 0 saturated heterocycles. The van der Waals surface area contributed by atoms with Gasteiger partial charge >= 0.3 is 17.3 Å². The number of carbonyl (C=O) groups excluding carboxylic acids is 1. The standard InChI is InChI=1S/C28H32N4O5/c1-7-22-18(3)21-14-20(12-13-23(21)37-22)29-25-30-26(34)32(16-28(4,5)24(33)36-6)27(35)31(25)15-19-10-8-17(2)9-11-19/h8-14H,7,15-16H2,1-6H3,(H,29,30,34). The van der Waals surface area contributed by atoms with E-state index in [-0.39, 0.29) is 18.7 Å². The van der Waals surface area contributed by atoms with Crippen molar-refractivity contribution in [2.45, 2.75) is 54.1 Å². The number of ether oxygens (including phenoxy) is 1. The predicted octanol–water partition coefficient (Wildman–Crippen LogP) is 3.74. The van der Waals surface area contributed by atoms with Gasteiger partial charge in [0, 0.05) is 18.4 Å². The third-order valence-corrected chi connectivity index (χ3v) is 6.51. The number of aromatic nitrogens is 3. The summed E-state index contributed by atoms with van der Waals surface area (Å²) in [6, 6.07) is 13.3. The first-order chi connectivity index (χ1) is 17.5. The van der Waals surface area contributed by atoms with E-state index in [1.807, 2.05) is 57.2 Å². The first kappa shape index (κ1) is 25.9. The summed E-state index contributed by atoms with van der Waals surface area (Å²) in [5.74, 6) is 0.388. The van der Waals surface area contributed by atoms with Gasteiger partial charge in [-0.3, -0.25) is 14.3 Å². The van der Waals surface area contributed by atoms with E-state index in [0.717, 1.165) is 44.4 Å². The second kappa shape index (κ2) is 10.1. The minimum absolute atomic E-state index is 0.110. The Balaban J connectivity index is 1.91. The number of nitrogens with zero attached hydrogens (tertiary/aromatic N) is 3. The fourth-order valence-electron chi connectivity index (χ4n) is 4.32. The largest absolute Gasteiger partial charge is 0.469 e. The third-order valence-electron chi connectivity index (χ3n) is 6.51. The SMILES string of the molecule is CCc1oc2ccc(/N=c3\[nH]c(=O)n(CC(C)(C)C(=O)OC)c(=O)n3Cc3ccc(C)cc3)cc2c1C. The van der Waals surface area contributed by atoms with Crippen LogP contribution in [0.5, 0.6) is 0 Å². The molecule has 2 aromatic heterocycles. The zero-order valence-electron chi connectivity index (χ0n) is 22.0. The van der Waals surface area contributed by atoms with Crippen molar-refractivity contribution in [3.05, 3.63) is 91.5 Å². The van der Waals surface area contributed by atoms with E-state index in [9.17, 15) is 14.4 Å². The monoisotopic (exact) mass is 504 g/mol. The van der Waals surface area contributed by atoms with Gasteiger partial charge in [-0.25, -0.2) is 19.1 Å². The average molecular weight is 505 g/mol. The molecule has 0 fully saturated rings. The molecule has 0 amide bonds. The van der Waals surface area contributed by atoms with Gasteiger partial charge in [-0.05, 0) is 57.0 Å². The van der Waals surface area contributed by atoms with Crippen molar-refractivity contribution in [3.63, 3.8) is 0 Å². The third kappa shape index (κ3) is 5.21.